The van der Waals surface area contributed by atoms with Crippen LogP contribution < -0.4 is 0 Å². The molecule has 0 aliphatic carbocycles. The molecule has 0 saturated carbocycles. The maximum absolute atomic E-state index is 12.5. The van der Waals surface area contributed by atoms with Gasteiger partial charge in [-0.3, -0.25) is 4.79 Å². The third-order valence-corrected chi connectivity index (χ3v) is 3.71. The molecule has 0 N–H and O–H groups in total. The number of aryl methyl sites for hydroxylation is 1. The molecule has 0 aromatic heterocycles. The summed E-state index contributed by atoms with van der Waals surface area (Å²) >= 11 is 9.26. The Hall–Kier alpha value is -1.63. The highest BCUT2D eigenvalue weighted by Crippen LogP contribution is 2.27. The van der Waals surface area contributed by atoms with Gasteiger partial charge in [-0.15, -0.1) is 0 Å². The maximum Gasteiger partial charge on any atom is 0.184 e. The van der Waals surface area contributed by atoms with Gasteiger partial charge in [-0.1, -0.05) is 51.8 Å². The predicted octanol–water partition coefficient (Wildman–Crippen LogP) is 4.90. The van der Waals surface area contributed by atoms with Gasteiger partial charge < -0.3 is 0 Å². The summed E-state index contributed by atoms with van der Waals surface area (Å²) in [5, 5.41) is 9.82. The van der Waals surface area contributed by atoms with E-state index in [1.165, 1.54) is 0 Å². The normalized spacial score (nSPS) is 11.7. The zero-order chi connectivity index (χ0) is 14.7. The molecule has 2 rings (SSSR count). The Labute approximate surface area is 131 Å². The average Bonchev–Trinajstić information content (AvgIpc) is 2.40. The van der Waals surface area contributed by atoms with Crippen molar-refractivity contribution in [3.8, 4) is 6.07 Å². The highest BCUT2D eigenvalue weighted by atomic mass is 79.9. The summed E-state index contributed by atoms with van der Waals surface area (Å²) in [5.41, 5.74) is 2.09. The molecule has 2 aromatic rings. The van der Waals surface area contributed by atoms with Gasteiger partial charge in [0.15, 0.2) is 5.78 Å². The molecule has 0 heterocycles. The SMILES string of the molecule is Cc1ccccc1C(C#N)C(=O)c1cc(Cl)cc(Br)c1. The van der Waals surface area contributed by atoms with Crippen LogP contribution in [0.4, 0.5) is 0 Å². The lowest BCUT2D eigenvalue weighted by Gasteiger charge is -2.12. The lowest BCUT2D eigenvalue weighted by Crippen LogP contribution is -2.12. The standard InChI is InChI=1S/C16H11BrClNO/c1-10-4-2-3-5-14(10)15(9-19)16(20)11-6-12(17)8-13(18)7-11/h2-8,15H,1H3. The second kappa shape index (κ2) is 6.21. The first kappa shape index (κ1) is 14.8. The quantitative estimate of drug-likeness (QED) is 0.740. The Morgan fingerprint density at radius 2 is 2.00 bits per heavy atom. The van der Waals surface area contributed by atoms with E-state index in [0.29, 0.717) is 10.6 Å². The minimum Gasteiger partial charge on any atom is -0.292 e. The lowest BCUT2D eigenvalue weighted by atomic mass is 9.89. The molecular formula is C16H11BrClNO. The van der Waals surface area contributed by atoms with Crippen molar-refractivity contribution >= 4 is 33.3 Å². The third-order valence-electron chi connectivity index (χ3n) is 3.04. The van der Waals surface area contributed by atoms with Crippen molar-refractivity contribution in [3.63, 3.8) is 0 Å². The van der Waals surface area contributed by atoms with E-state index in [1.54, 1.807) is 24.3 Å². The number of nitrogens with zero attached hydrogens (tertiary/aromatic N) is 1. The van der Waals surface area contributed by atoms with Gasteiger partial charge in [0.25, 0.3) is 0 Å². The zero-order valence-electron chi connectivity index (χ0n) is 10.7. The first-order valence-electron chi connectivity index (χ1n) is 5.98. The van der Waals surface area contributed by atoms with Gasteiger partial charge in [0.1, 0.15) is 5.92 Å². The van der Waals surface area contributed by atoms with Crippen LogP contribution in [-0.4, -0.2) is 5.78 Å². The van der Waals surface area contributed by atoms with Gasteiger partial charge in [-0.05, 0) is 36.2 Å². The molecule has 0 aliphatic heterocycles. The van der Waals surface area contributed by atoms with Crippen LogP contribution in [0.2, 0.25) is 5.02 Å². The Morgan fingerprint density at radius 3 is 2.60 bits per heavy atom. The van der Waals surface area contributed by atoms with E-state index in [4.69, 9.17) is 11.6 Å². The molecule has 20 heavy (non-hydrogen) atoms. The Bertz CT molecular complexity index is 686. The molecule has 1 unspecified atom stereocenters. The summed E-state index contributed by atoms with van der Waals surface area (Å²) in [7, 11) is 0. The van der Waals surface area contributed by atoms with Crippen molar-refractivity contribution in [2.75, 3.05) is 0 Å². The molecule has 0 spiro atoms. The van der Waals surface area contributed by atoms with Crippen molar-refractivity contribution < 1.29 is 4.79 Å². The van der Waals surface area contributed by atoms with E-state index in [1.807, 2.05) is 25.1 Å². The number of carbonyl (C=O) groups excluding carboxylic acids is 1. The Kier molecular flexibility index (Phi) is 4.59. The molecule has 0 bridgehead atoms. The summed E-state index contributed by atoms with van der Waals surface area (Å²) in [6, 6.07) is 14.5. The van der Waals surface area contributed by atoms with Crippen LogP contribution >= 0.6 is 27.5 Å². The maximum atomic E-state index is 12.5. The molecular weight excluding hydrogens is 338 g/mol. The Balaban J connectivity index is 2.45. The summed E-state index contributed by atoms with van der Waals surface area (Å²) < 4.78 is 0.717. The second-order valence-corrected chi connectivity index (χ2v) is 5.79. The summed E-state index contributed by atoms with van der Waals surface area (Å²) in [4.78, 5) is 12.5. The van der Waals surface area contributed by atoms with E-state index in [2.05, 4.69) is 22.0 Å². The molecule has 0 radical (unpaired) electrons. The van der Waals surface area contributed by atoms with Crippen molar-refractivity contribution in [1.29, 1.82) is 5.26 Å². The summed E-state index contributed by atoms with van der Waals surface area (Å²) in [5.74, 6) is -1.06. The second-order valence-electron chi connectivity index (χ2n) is 4.44. The van der Waals surface area contributed by atoms with E-state index < -0.39 is 5.92 Å². The van der Waals surface area contributed by atoms with E-state index in [-0.39, 0.29) is 5.78 Å². The molecule has 4 heteroatoms. The van der Waals surface area contributed by atoms with Crippen molar-refractivity contribution in [1.82, 2.24) is 0 Å². The van der Waals surface area contributed by atoms with Crippen LogP contribution in [0, 0.1) is 18.3 Å². The van der Waals surface area contributed by atoms with Gasteiger partial charge >= 0.3 is 0 Å². The first-order chi connectivity index (χ1) is 9.52. The van der Waals surface area contributed by atoms with Crippen molar-refractivity contribution in [3.05, 3.63) is 68.7 Å². The van der Waals surface area contributed by atoms with Gasteiger partial charge in [0.05, 0.1) is 6.07 Å². The predicted molar refractivity (Wildman–Crippen MR) is 83.0 cm³/mol. The topological polar surface area (TPSA) is 40.9 Å². The van der Waals surface area contributed by atoms with Crippen LogP contribution in [-0.2, 0) is 0 Å². The number of hydrogen-bond donors (Lipinski definition) is 0. The van der Waals surface area contributed by atoms with E-state index >= 15 is 0 Å². The van der Waals surface area contributed by atoms with Gasteiger partial charge in [0.2, 0.25) is 0 Å². The highest BCUT2D eigenvalue weighted by Gasteiger charge is 2.23. The minimum absolute atomic E-state index is 0.245. The third kappa shape index (κ3) is 3.09. The molecule has 2 aromatic carbocycles. The van der Waals surface area contributed by atoms with E-state index in [0.717, 1.165) is 15.6 Å². The molecule has 0 fully saturated rings. The lowest BCUT2D eigenvalue weighted by molar-refractivity contribution is 0.0978. The fourth-order valence-electron chi connectivity index (χ4n) is 2.04. The molecule has 1 atom stereocenters. The number of benzene rings is 2. The van der Waals surface area contributed by atoms with Crippen LogP contribution in [0.5, 0.6) is 0 Å². The van der Waals surface area contributed by atoms with Gasteiger partial charge in [-0.2, -0.15) is 5.26 Å². The molecule has 100 valence electrons. The monoisotopic (exact) mass is 347 g/mol. The first-order valence-corrected chi connectivity index (χ1v) is 7.15. The zero-order valence-corrected chi connectivity index (χ0v) is 13.1. The van der Waals surface area contributed by atoms with Gasteiger partial charge in [-0.25, -0.2) is 0 Å². The van der Waals surface area contributed by atoms with Crippen LogP contribution in [0.3, 0.4) is 0 Å². The molecule has 0 aliphatic rings. The number of Topliss-reactive ketones (excluding diaryl/α,β-unsaturated/α-hetero) is 1. The number of rotatable bonds is 3. The molecule has 2 nitrogen and oxygen atoms in total. The highest BCUT2D eigenvalue weighted by molar-refractivity contribution is 9.10. The number of carbonyl (C=O) groups is 1. The number of nitriles is 1. The van der Waals surface area contributed by atoms with Crippen molar-refractivity contribution in [2.24, 2.45) is 0 Å². The molecule has 0 amide bonds. The summed E-state index contributed by atoms with van der Waals surface area (Å²) in [6.45, 7) is 1.89. The number of ketones is 1. The largest absolute Gasteiger partial charge is 0.292 e. The number of halogens is 2. The Morgan fingerprint density at radius 1 is 1.30 bits per heavy atom. The van der Waals surface area contributed by atoms with Gasteiger partial charge in [0, 0.05) is 15.1 Å². The smallest absolute Gasteiger partial charge is 0.184 e. The number of hydrogen-bond acceptors (Lipinski definition) is 2. The summed E-state index contributed by atoms with van der Waals surface area (Å²) in [6.07, 6.45) is 0. The molecule has 0 saturated heterocycles. The van der Waals surface area contributed by atoms with Crippen LogP contribution in [0.1, 0.15) is 27.4 Å². The van der Waals surface area contributed by atoms with E-state index in [9.17, 15) is 10.1 Å². The minimum atomic E-state index is -0.818. The van der Waals surface area contributed by atoms with Crippen LogP contribution in [0.15, 0.2) is 46.9 Å². The van der Waals surface area contributed by atoms with Crippen molar-refractivity contribution in [2.45, 2.75) is 12.8 Å². The fraction of sp³-hybridized carbons (Fsp3) is 0.125. The fourth-order valence-corrected chi connectivity index (χ4v) is 2.90. The van der Waals surface area contributed by atoms with Crippen LogP contribution in [0.25, 0.3) is 0 Å². The average molecular weight is 349 g/mol.